The van der Waals surface area contributed by atoms with Gasteiger partial charge in [-0.05, 0) is 12.5 Å². The molecule has 76 valence electrons. The monoisotopic (exact) mass is 260 g/mol. The van der Waals surface area contributed by atoms with Crippen molar-refractivity contribution in [3.8, 4) is 0 Å². The van der Waals surface area contributed by atoms with E-state index in [-0.39, 0.29) is 0 Å². The quantitative estimate of drug-likeness (QED) is 0.849. The van der Waals surface area contributed by atoms with Crippen molar-refractivity contribution in [2.45, 2.75) is 17.4 Å². The third kappa shape index (κ3) is 2.12. The maximum atomic E-state index is 13.7. The van der Waals surface area contributed by atoms with E-state index in [4.69, 9.17) is 5.11 Å². The molecule has 0 spiro atoms. The number of hydrogen-bond donors (Lipinski definition) is 1. The van der Waals surface area contributed by atoms with Gasteiger partial charge >= 0.3 is 5.97 Å². The van der Waals surface area contributed by atoms with Gasteiger partial charge in [-0.25, -0.2) is 4.39 Å². The predicted octanol–water partition coefficient (Wildman–Crippen LogP) is 2.94. The molecule has 0 aliphatic heterocycles. The Morgan fingerprint density at radius 1 is 1.50 bits per heavy atom. The highest BCUT2D eigenvalue weighted by atomic mass is 79.9. The molecule has 0 radical (unpaired) electrons. The zero-order valence-corrected chi connectivity index (χ0v) is 9.16. The van der Waals surface area contributed by atoms with Gasteiger partial charge in [0.25, 0.3) is 0 Å². The Labute approximate surface area is 89.9 Å². The Balaban J connectivity index is 2.96. The minimum Gasteiger partial charge on any atom is -0.480 e. The van der Waals surface area contributed by atoms with Crippen LogP contribution in [0.5, 0.6) is 0 Å². The van der Waals surface area contributed by atoms with Gasteiger partial charge in [-0.3, -0.25) is 4.79 Å². The molecule has 0 fully saturated rings. The van der Waals surface area contributed by atoms with Crippen molar-refractivity contribution in [2.24, 2.45) is 0 Å². The molecule has 2 unspecified atom stereocenters. The molecule has 0 saturated carbocycles. The van der Waals surface area contributed by atoms with E-state index in [2.05, 4.69) is 15.9 Å². The van der Waals surface area contributed by atoms with E-state index in [1.165, 1.54) is 6.92 Å². The minimum absolute atomic E-state index is 0.356. The normalized spacial score (nSPS) is 17.1. The third-order valence-corrected chi connectivity index (χ3v) is 2.73. The van der Waals surface area contributed by atoms with Crippen molar-refractivity contribution >= 4 is 21.9 Å². The van der Waals surface area contributed by atoms with Gasteiger partial charge in [-0.1, -0.05) is 46.3 Å². The van der Waals surface area contributed by atoms with Crippen LogP contribution in [0.3, 0.4) is 0 Å². The Kier molecular flexibility index (Phi) is 3.26. The van der Waals surface area contributed by atoms with Crippen LogP contribution in [0.2, 0.25) is 0 Å². The highest BCUT2D eigenvalue weighted by Gasteiger charge is 2.40. The maximum Gasteiger partial charge on any atom is 0.323 e. The maximum absolute atomic E-state index is 13.7. The Morgan fingerprint density at radius 2 is 2.00 bits per heavy atom. The fourth-order valence-corrected chi connectivity index (χ4v) is 1.31. The molecule has 0 saturated heterocycles. The first-order valence-corrected chi connectivity index (χ1v) is 4.87. The molecule has 0 aliphatic carbocycles. The van der Waals surface area contributed by atoms with Gasteiger partial charge in [0.15, 0.2) is 10.5 Å². The van der Waals surface area contributed by atoms with Crippen molar-refractivity contribution in [2.75, 3.05) is 0 Å². The number of alkyl halides is 2. The van der Waals surface area contributed by atoms with Gasteiger partial charge in [0, 0.05) is 0 Å². The standard InChI is InChI=1S/C10H10BrFO2/c1-10(11,9(13)14)8(12)7-5-3-2-4-6-7/h2-6,8H,1H3,(H,13,14). The van der Waals surface area contributed by atoms with E-state index < -0.39 is 16.5 Å². The summed E-state index contributed by atoms with van der Waals surface area (Å²) in [6.45, 7) is 1.30. The van der Waals surface area contributed by atoms with Gasteiger partial charge < -0.3 is 5.11 Å². The smallest absolute Gasteiger partial charge is 0.323 e. The minimum atomic E-state index is -1.58. The van der Waals surface area contributed by atoms with Crippen molar-refractivity contribution in [1.82, 2.24) is 0 Å². The highest BCUT2D eigenvalue weighted by Crippen LogP contribution is 2.36. The van der Waals surface area contributed by atoms with Crippen molar-refractivity contribution in [1.29, 1.82) is 0 Å². The van der Waals surface area contributed by atoms with E-state index >= 15 is 0 Å². The van der Waals surface area contributed by atoms with Crippen molar-refractivity contribution in [3.05, 3.63) is 35.9 Å². The number of carbonyl (C=O) groups is 1. The van der Waals surface area contributed by atoms with Crippen LogP contribution in [0, 0.1) is 0 Å². The van der Waals surface area contributed by atoms with E-state index in [0.717, 1.165) is 0 Å². The van der Waals surface area contributed by atoms with Crippen LogP contribution in [-0.2, 0) is 4.79 Å². The van der Waals surface area contributed by atoms with Crippen LogP contribution < -0.4 is 0 Å². The average Bonchev–Trinajstić information content (AvgIpc) is 2.17. The number of hydrogen-bond acceptors (Lipinski definition) is 1. The van der Waals surface area contributed by atoms with Crippen LogP contribution in [0.25, 0.3) is 0 Å². The Hall–Kier alpha value is -0.900. The largest absolute Gasteiger partial charge is 0.480 e. The molecule has 0 bridgehead atoms. The molecule has 4 heteroatoms. The number of rotatable bonds is 3. The molecule has 0 aromatic heterocycles. The van der Waals surface area contributed by atoms with Gasteiger partial charge in [-0.2, -0.15) is 0 Å². The zero-order valence-electron chi connectivity index (χ0n) is 7.58. The average molecular weight is 261 g/mol. The molecular formula is C10H10BrFO2. The van der Waals surface area contributed by atoms with E-state index in [1.807, 2.05) is 0 Å². The van der Waals surface area contributed by atoms with Crippen LogP contribution in [0.15, 0.2) is 30.3 Å². The van der Waals surface area contributed by atoms with Crippen molar-refractivity contribution < 1.29 is 14.3 Å². The van der Waals surface area contributed by atoms with Crippen LogP contribution >= 0.6 is 15.9 Å². The first-order valence-electron chi connectivity index (χ1n) is 4.07. The lowest BCUT2D eigenvalue weighted by Crippen LogP contribution is -2.33. The summed E-state index contributed by atoms with van der Waals surface area (Å²) in [4.78, 5) is 10.7. The molecule has 0 heterocycles. The topological polar surface area (TPSA) is 37.3 Å². The van der Waals surface area contributed by atoms with Crippen molar-refractivity contribution in [3.63, 3.8) is 0 Å². The molecular weight excluding hydrogens is 251 g/mol. The first-order chi connectivity index (χ1) is 6.46. The summed E-state index contributed by atoms with van der Waals surface area (Å²) in [7, 11) is 0. The molecule has 14 heavy (non-hydrogen) atoms. The van der Waals surface area contributed by atoms with Gasteiger partial charge in [0.1, 0.15) is 0 Å². The predicted molar refractivity (Wildman–Crippen MR) is 55.3 cm³/mol. The van der Waals surface area contributed by atoms with Crippen LogP contribution in [-0.4, -0.2) is 15.4 Å². The molecule has 0 amide bonds. The lowest BCUT2D eigenvalue weighted by molar-refractivity contribution is -0.141. The summed E-state index contributed by atoms with van der Waals surface area (Å²) in [5.41, 5.74) is 0.356. The lowest BCUT2D eigenvalue weighted by Gasteiger charge is -2.21. The zero-order chi connectivity index (χ0) is 10.8. The number of aliphatic carboxylic acids is 1. The molecule has 1 aromatic rings. The lowest BCUT2D eigenvalue weighted by atomic mass is 9.99. The number of halogens is 2. The summed E-state index contributed by atoms with van der Waals surface area (Å²) in [6.07, 6.45) is -1.57. The summed E-state index contributed by atoms with van der Waals surface area (Å²) in [6, 6.07) is 8.22. The van der Waals surface area contributed by atoms with Crippen LogP contribution in [0.4, 0.5) is 4.39 Å². The summed E-state index contributed by atoms with van der Waals surface area (Å²) < 4.78 is 12.2. The molecule has 1 N–H and O–H groups in total. The second-order valence-corrected chi connectivity index (χ2v) is 4.80. The molecule has 2 nitrogen and oxygen atoms in total. The number of carboxylic acid groups (broad SMARTS) is 1. The SMILES string of the molecule is CC(Br)(C(=O)O)C(F)c1ccccc1. The number of benzene rings is 1. The molecule has 1 aromatic carbocycles. The summed E-state index contributed by atoms with van der Waals surface area (Å²) in [5, 5.41) is 8.79. The van der Waals surface area contributed by atoms with Gasteiger partial charge in [0.05, 0.1) is 0 Å². The Bertz CT molecular complexity index is 324. The molecule has 2 atom stereocenters. The highest BCUT2D eigenvalue weighted by molar-refractivity contribution is 9.10. The molecule has 0 aliphatic rings. The second-order valence-electron chi connectivity index (χ2n) is 3.15. The number of carboxylic acids is 1. The Morgan fingerprint density at radius 3 is 2.43 bits per heavy atom. The second kappa shape index (κ2) is 4.09. The van der Waals surface area contributed by atoms with E-state index in [1.54, 1.807) is 30.3 Å². The van der Waals surface area contributed by atoms with Gasteiger partial charge in [-0.15, -0.1) is 0 Å². The van der Waals surface area contributed by atoms with E-state index in [9.17, 15) is 9.18 Å². The third-order valence-electron chi connectivity index (χ3n) is 1.99. The summed E-state index contributed by atoms with van der Waals surface area (Å²) >= 11 is 2.87. The van der Waals surface area contributed by atoms with Gasteiger partial charge in [0.2, 0.25) is 0 Å². The fraction of sp³-hybridized carbons (Fsp3) is 0.300. The van der Waals surface area contributed by atoms with Crippen LogP contribution in [0.1, 0.15) is 18.7 Å². The van der Waals surface area contributed by atoms with E-state index in [0.29, 0.717) is 5.56 Å². The first kappa shape index (κ1) is 11.2. The summed E-state index contributed by atoms with van der Waals surface area (Å²) in [5.74, 6) is -1.21. The fourth-order valence-electron chi connectivity index (χ4n) is 1.04. The molecule has 1 rings (SSSR count).